The zero-order valence-electron chi connectivity index (χ0n) is 30.1. The molecule has 0 saturated heterocycles. The van der Waals surface area contributed by atoms with Gasteiger partial charge in [-0.2, -0.15) is 0 Å². The van der Waals surface area contributed by atoms with Crippen LogP contribution in [0.15, 0.2) is 192 Å². The van der Waals surface area contributed by atoms with Crippen molar-refractivity contribution in [2.45, 2.75) is 0 Å². The van der Waals surface area contributed by atoms with Crippen LogP contribution in [-0.2, 0) is 0 Å². The third-order valence-corrected chi connectivity index (χ3v) is 11.4. The molecule has 260 valence electrons. The van der Waals surface area contributed by atoms with E-state index < -0.39 is 0 Å². The van der Waals surface area contributed by atoms with E-state index >= 15 is 0 Å². The van der Waals surface area contributed by atoms with Crippen molar-refractivity contribution in [3.05, 3.63) is 188 Å². The number of fused-ring (bicyclic) bond motifs is 10. The highest BCUT2D eigenvalue weighted by Crippen LogP contribution is 2.42. The predicted octanol–water partition coefficient (Wildman–Crippen LogP) is 13.9. The average Bonchev–Trinajstić information content (AvgIpc) is 3.82. The Kier molecular flexibility index (Phi) is 6.60. The zero-order chi connectivity index (χ0) is 36.7. The number of para-hydroxylation sites is 3. The number of hydrogen-bond acceptors (Lipinski definition) is 3. The second-order valence-corrected chi connectivity index (χ2v) is 14.5. The Hall–Kier alpha value is -7.56. The highest BCUT2D eigenvalue weighted by molar-refractivity contribution is 6.21. The van der Waals surface area contributed by atoms with Crippen LogP contribution in [0.3, 0.4) is 0 Å². The third kappa shape index (κ3) is 4.60. The van der Waals surface area contributed by atoms with E-state index in [4.69, 9.17) is 14.4 Å². The van der Waals surface area contributed by atoms with Gasteiger partial charge in [-0.25, -0.2) is 9.97 Å². The Morgan fingerprint density at radius 2 is 0.964 bits per heavy atom. The SMILES string of the molecule is c1ccc2c(-c3ccc(-c4nc(-n5c6c(-c7ccc8oc9ccccc9c8c7)cccc6c6ccc7ccccc7c65)nc5ccccc45)cc3)cccc2c1. The van der Waals surface area contributed by atoms with Crippen LogP contribution in [-0.4, -0.2) is 14.5 Å². The molecule has 4 nitrogen and oxygen atoms in total. The lowest BCUT2D eigenvalue weighted by atomic mass is 9.96. The minimum atomic E-state index is 0.635. The summed E-state index contributed by atoms with van der Waals surface area (Å²) >= 11 is 0. The Labute approximate surface area is 321 Å². The summed E-state index contributed by atoms with van der Waals surface area (Å²) in [5, 5.41) is 10.3. The maximum absolute atomic E-state index is 6.24. The van der Waals surface area contributed by atoms with Crippen molar-refractivity contribution in [1.29, 1.82) is 0 Å². The first-order valence-corrected chi connectivity index (χ1v) is 19.0. The maximum Gasteiger partial charge on any atom is 0.235 e. The fourth-order valence-corrected chi connectivity index (χ4v) is 8.82. The number of hydrogen-bond donors (Lipinski definition) is 0. The Morgan fingerprint density at radius 3 is 1.84 bits per heavy atom. The third-order valence-electron chi connectivity index (χ3n) is 11.4. The minimum absolute atomic E-state index is 0.635. The molecule has 12 aromatic rings. The van der Waals surface area contributed by atoms with Crippen molar-refractivity contribution in [1.82, 2.24) is 14.5 Å². The lowest BCUT2D eigenvalue weighted by Gasteiger charge is -2.14. The fourth-order valence-electron chi connectivity index (χ4n) is 8.82. The fraction of sp³-hybridized carbons (Fsp3) is 0. The molecule has 3 aromatic heterocycles. The highest BCUT2D eigenvalue weighted by atomic mass is 16.3. The van der Waals surface area contributed by atoms with Gasteiger partial charge in [0.1, 0.15) is 11.2 Å². The van der Waals surface area contributed by atoms with E-state index in [1.807, 2.05) is 12.1 Å². The van der Waals surface area contributed by atoms with Gasteiger partial charge in [-0.3, -0.25) is 4.57 Å². The molecular weight excluding hydrogens is 683 g/mol. The molecule has 0 aliphatic heterocycles. The first-order valence-electron chi connectivity index (χ1n) is 19.0. The van der Waals surface area contributed by atoms with E-state index in [-0.39, 0.29) is 0 Å². The van der Waals surface area contributed by atoms with Crippen molar-refractivity contribution in [2.75, 3.05) is 0 Å². The van der Waals surface area contributed by atoms with E-state index in [1.54, 1.807) is 0 Å². The first-order chi connectivity index (χ1) is 27.8. The van der Waals surface area contributed by atoms with E-state index in [1.165, 1.54) is 27.3 Å². The molecule has 0 atom stereocenters. The molecule has 3 heterocycles. The molecular formula is C52H31N3O. The molecule has 0 N–H and O–H groups in total. The molecule has 0 amide bonds. The summed E-state index contributed by atoms with van der Waals surface area (Å²) in [5.74, 6) is 0.635. The number of rotatable bonds is 4. The summed E-state index contributed by atoms with van der Waals surface area (Å²) in [6, 6.07) is 66.7. The number of aromatic nitrogens is 3. The molecule has 0 unspecified atom stereocenters. The van der Waals surface area contributed by atoms with Gasteiger partial charge in [0.05, 0.1) is 22.2 Å². The smallest absolute Gasteiger partial charge is 0.235 e. The maximum atomic E-state index is 6.24. The van der Waals surface area contributed by atoms with Crippen LogP contribution in [0.1, 0.15) is 0 Å². The van der Waals surface area contributed by atoms with E-state index in [0.717, 1.165) is 82.4 Å². The first kappa shape index (κ1) is 30.9. The van der Waals surface area contributed by atoms with Gasteiger partial charge < -0.3 is 4.42 Å². The number of furan rings is 1. The molecule has 12 rings (SSSR count). The standard InChI is InChI=1S/C52H31N3O/c1-3-14-37-32(11-1)13-9-18-38(37)34-23-25-35(26-24-34)49-44-17-5-7-21-46(44)53-52(54-49)55-50-39-15-4-2-12-33(39)27-29-43(50)42-20-10-19-40(51(42)55)36-28-30-48-45(31-36)41-16-6-8-22-47(41)56-48/h1-31H. The quantitative estimate of drug-likeness (QED) is 0.182. The van der Waals surface area contributed by atoms with Crippen molar-refractivity contribution in [2.24, 2.45) is 0 Å². The minimum Gasteiger partial charge on any atom is -0.456 e. The summed E-state index contributed by atoms with van der Waals surface area (Å²) in [5.41, 5.74) is 11.4. The highest BCUT2D eigenvalue weighted by Gasteiger charge is 2.22. The molecule has 56 heavy (non-hydrogen) atoms. The zero-order valence-corrected chi connectivity index (χ0v) is 30.1. The predicted molar refractivity (Wildman–Crippen MR) is 232 cm³/mol. The Bertz CT molecular complexity index is 3530. The normalized spacial score (nSPS) is 11.9. The molecule has 0 spiro atoms. The van der Waals surface area contributed by atoms with Crippen molar-refractivity contribution in [3.8, 4) is 39.5 Å². The molecule has 9 aromatic carbocycles. The van der Waals surface area contributed by atoms with Crippen LogP contribution >= 0.6 is 0 Å². The van der Waals surface area contributed by atoms with Crippen LogP contribution in [0, 0.1) is 0 Å². The lowest BCUT2D eigenvalue weighted by Crippen LogP contribution is -2.04. The molecule has 0 aliphatic rings. The summed E-state index contributed by atoms with van der Waals surface area (Å²) in [6.07, 6.45) is 0. The molecule has 0 radical (unpaired) electrons. The molecule has 4 heteroatoms. The lowest BCUT2D eigenvalue weighted by molar-refractivity contribution is 0.669. The van der Waals surface area contributed by atoms with Gasteiger partial charge in [0.15, 0.2) is 0 Å². The van der Waals surface area contributed by atoms with Crippen molar-refractivity contribution in [3.63, 3.8) is 0 Å². The van der Waals surface area contributed by atoms with Crippen LogP contribution < -0.4 is 0 Å². The van der Waals surface area contributed by atoms with Crippen molar-refractivity contribution >= 4 is 76.2 Å². The largest absolute Gasteiger partial charge is 0.456 e. The Balaban J connectivity index is 1.13. The van der Waals surface area contributed by atoms with E-state index in [2.05, 4.69) is 180 Å². The van der Waals surface area contributed by atoms with Crippen LogP contribution in [0.2, 0.25) is 0 Å². The molecule has 0 fully saturated rings. The summed E-state index contributed by atoms with van der Waals surface area (Å²) < 4.78 is 8.55. The number of nitrogens with zero attached hydrogens (tertiary/aromatic N) is 3. The average molecular weight is 714 g/mol. The van der Waals surface area contributed by atoms with E-state index in [0.29, 0.717) is 5.95 Å². The van der Waals surface area contributed by atoms with Crippen LogP contribution in [0.5, 0.6) is 0 Å². The second kappa shape index (κ2) is 12.0. The molecule has 0 saturated carbocycles. The summed E-state index contributed by atoms with van der Waals surface area (Å²) in [4.78, 5) is 10.9. The van der Waals surface area contributed by atoms with Crippen LogP contribution in [0.25, 0.3) is 116 Å². The summed E-state index contributed by atoms with van der Waals surface area (Å²) in [7, 11) is 0. The number of benzene rings is 9. The second-order valence-electron chi connectivity index (χ2n) is 14.5. The van der Waals surface area contributed by atoms with Gasteiger partial charge in [-0.1, -0.05) is 164 Å². The van der Waals surface area contributed by atoms with Gasteiger partial charge in [0.2, 0.25) is 5.95 Å². The summed E-state index contributed by atoms with van der Waals surface area (Å²) in [6.45, 7) is 0. The van der Waals surface area contributed by atoms with Gasteiger partial charge in [-0.05, 0) is 57.1 Å². The van der Waals surface area contributed by atoms with Gasteiger partial charge >= 0.3 is 0 Å². The van der Waals surface area contributed by atoms with Gasteiger partial charge in [0, 0.05) is 43.4 Å². The van der Waals surface area contributed by atoms with Gasteiger partial charge in [0.25, 0.3) is 0 Å². The monoisotopic (exact) mass is 713 g/mol. The van der Waals surface area contributed by atoms with Gasteiger partial charge in [-0.15, -0.1) is 0 Å². The van der Waals surface area contributed by atoms with E-state index in [9.17, 15) is 0 Å². The Morgan fingerprint density at radius 1 is 0.357 bits per heavy atom. The van der Waals surface area contributed by atoms with Crippen LogP contribution in [0.4, 0.5) is 0 Å². The molecule has 0 aliphatic carbocycles. The van der Waals surface area contributed by atoms with Crippen molar-refractivity contribution < 1.29 is 4.42 Å². The molecule has 0 bridgehead atoms. The topological polar surface area (TPSA) is 43.9 Å².